The predicted molar refractivity (Wildman–Crippen MR) is 86.5 cm³/mol. The van der Waals surface area contributed by atoms with E-state index in [-0.39, 0.29) is 5.91 Å². The number of pyridine rings is 2. The van der Waals surface area contributed by atoms with Crippen molar-refractivity contribution in [1.29, 1.82) is 0 Å². The third-order valence-electron chi connectivity index (χ3n) is 3.36. The van der Waals surface area contributed by atoms with E-state index in [0.29, 0.717) is 28.6 Å². The van der Waals surface area contributed by atoms with E-state index in [1.54, 1.807) is 35.0 Å². The lowest BCUT2D eigenvalue weighted by Gasteiger charge is -2.06. The van der Waals surface area contributed by atoms with Crippen molar-refractivity contribution >= 4 is 29.0 Å². The summed E-state index contributed by atoms with van der Waals surface area (Å²) in [5.74, 6) is 0.262. The number of nitrogens with one attached hydrogen (secondary N) is 1. The molecule has 0 unspecified atom stereocenters. The summed E-state index contributed by atoms with van der Waals surface area (Å²) in [4.78, 5) is 21.3. The van der Waals surface area contributed by atoms with E-state index in [9.17, 15) is 4.79 Å². The molecule has 0 spiro atoms. The SMILES string of the molecule is CCc1nc2ccc(Cl)cn2c1C(=O)Nc1ccc(C)cn1. The van der Waals surface area contributed by atoms with Gasteiger partial charge in [-0.25, -0.2) is 9.97 Å². The van der Waals surface area contributed by atoms with Crippen molar-refractivity contribution in [3.63, 3.8) is 0 Å². The molecule has 1 amide bonds. The van der Waals surface area contributed by atoms with Gasteiger partial charge in [0.25, 0.3) is 5.91 Å². The average molecular weight is 315 g/mol. The topological polar surface area (TPSA) is 59.3 Å². The molecule has 0 saturated carbocycles. The number of halogens is 1. The second-order valence-electron chi connectivity index (χ2n) is 5.01. The molecule has 3 heterocycles. The van der Waals surface area contributed by atoms with E-state index < -0.39 is 0 Å². The summed E-state index contributed by atoms with van der Waals surface area (Å²) < 4.78 is 1.71. The van der Waals surface area contributed by atoms with Gasteiger partial charge in [-0.3, -0.25) is 9.20 Å². The summed E-state index contributed by atoms with van der Waals surface area (Å²) in [5, 5.41) is 3.35. The lowest BCUT2D eigenvalue weighted by atomic mass is 10.2. The van der Waals surface area contributed by atoms with E-state index in [0.717, 1.165) is 11.3 Å². The van der Waals surface area contributed by atoms with Gasteiger partial charge in [-0.2, -0.15) is 0 Å². The van der Waals surface area contributed by atoms with E-state index in [1.807, 2.05) is 19.9 Å². The highest BCUT2D eigenvalue weighted by Gasteiger charge is 2.18. The van der Waals surface area contributed by atoms with Gasteiger partial charge in [-0.15, -0.1) is 0 Å². The molecule has 22 heavy (non-hydrogen) atoms. The number of imidazole rings is 1. The summed E-state index contributed by atoms with van der Waals surface area (Å²) in [7, 11) is 0. The molecule has 112 valence electrons. The number of carbonyl (C=O) groups excluding carboxylic acids is 1. The quantitative estimate of drug-likeness (QED) is 0.805. The number of nitrogens with zero attached hydrogens (tertiary/aromatic N) is 3. The molecule has 0 atom stereocenters. The standard InChI is InChI=1S/C16H15ClN4O/c1-3-12-15(21-9-11(17)5-7-14(21)19-12)16(22)20-13-6-4-10(2)8-18-13/h4-9H,3H2,1-2H3,(H,18,20,22). The molecule has 0 aromatic carbocycles. The fourth-order valence-corrected chi connectivity index (χ4v) is 2.43. The lowest BCUT2D eigenvalue weighted by Crippen LogP contribution is -2.17. The molecular formula is C16H15ClN4O. The molecule has 0 radical (unpaired) electrons. The van der Waals surface area contributed by atoms with Gasteiger partial charge in [0.15, 0.2) is 0 Å². The van der Waals surface area contributed by atoms with Crippen LogP contribution in [-0.4, -0.2) is 20.3 Å². The molecule has 3 aromatic heterocycles. The van der Waals surface area contributed by atoms with Crippen LogP contribution in [0.2, 0.25) is 5.02 Å². The van der Waals surface area contributed by atoms with Gasteiger partial charge in [0, 0.05) is 12.4 Å². The number of fused-ring (bicyclic) bond motifs is 1. The molecule has 3 aromatic rings. The highest BCUT2D eigenvalue weighted by molar-refractivity contribution is 6.30. The van der Waals surface area contributed by atoms with Crippen molar-refractivity contribution < 1.29 is 4.79 Å². The molecule has 0 bridgehead atoms. The third kappa shape index (κ3) is 2.67. The second kappa shape index (κ2) is 5.77. The average Bonchev–Trinajstić information content (AvgIpc) is 2.87. The number of aryl methyl sites for hydroxylation is 2. The highest BCUT2D eigenvalue weighted by atomic mass is 35.5. The van der Waals surface area contributed by atoms with E-state index in [1.165, 1.54) is 0 Å². The van der Waals surface area contributed by atoms with Crippen LogP contribution in [0.1, 0.15) is 28.7 Å². The highest BCUT2D eigenvalue weighted by Crippen LogP contribution is 2.18. The predicted octanol–water partition coefficient (Wildman–Crippen LogP) is 3.51. The zero-order valence-electron chi connectivity index (χ0n) is 12.3. The molecule has 3 rings (SSSR count). The van der Waals surface area contributed by atoms with E-state index >= 15 is 0 Å². The van der Waals surface area contributed by atoms with Crippen LogP contribution in [0.4, 0.5) is 5.82 Å². The lowest BCUT2D eigenvalue weighted by molar-refractivity contribution is 0.102. The second-order valence-corrected chi connectivity index (χ2v) is 5.45. The minimum atomic E-state index is -0.247. The maximum absolute atomic E-state index is 12.6. The molecule has 0 aliphatic rings. The normalized spacial score (nSPS) is 10.9. The summed E-state index contributed by atoms with van der Waals surface area (Å²) in [6.45, 7) is 3.91. The van der Waals surface area contributed by atoms with Crippen LogP contribution in [-0.2, 0) is 6.42 Å². The summed E-state index contributed by atoms with van der Waals surface area (Å²) in [5.41, 5.74) is 2.95. The summed E-state index contributed by atoms with van der Waals surface area (Å²) >= 11 is 6.03. The molecule has 0 aliphatic carbocycles. The first-order valence-electron chi connectivity index (χ1n) is 6.99. The van der Waals surface area contributed by atoms with Gasteiger partial charge in [-0.05, 0) is 37.1 Å². The maximum Gasteiger partial charge on any atom is 0.275 e. The fourth-order valence-electron chi connectivity index (χ4n) is 2.27. The molecular weight excluding hydrogens is 300 g/mol. The Morgan fingerprint density at radius 2 is 2.14 bits per heavy atom. The number of rotatable bonds is 3. The Kier molecular flexibility index (Phi) is 3.81. The Bertz CT molecular complexity index is 839. The fraction of sp³-hybridized carbons (Fsp3) is 0.188. The number of hydrogen-bond acceptors (Lipinski definition) is 3. The van der Waals surface area contributed by atoms with Gasteiger partial charge in [0.05, 0.1) is 10.7 Å². The Morgan fingerprint density at radius 3 is 2.82 bits per heavy atom. The molecule has 1 N–H and O–H groups in total. The van der Waals surface area contributed by atoms with Gasteiger partial charge in [-0.1, -0.05) is 24.6 Å². The van der Waals surface area contributed by atoms with Crippen LogP contribution >= 0.6 is 11.6 Å². The smallest absolute Gasteiger partial charge is 0.275 e. The van der Waals surface area contributed by atoms with Crippen molar-refractivity contribution in [1.82, 2.24) is 14.4 Å². The van der Waals surface area contributed by atoms with Crippen LogP contribution in [0.25, 0.3) is 5.65 Å². The molecule has 0 saturated heterocycles. The largest absolute Gasteiger partial charge is 0.305 e. The van der Waals surface area contributed by atoms with Crippen LogP contribution in [0, 0.1) is 6.92 Å². The van der Waals surface area contributed by atoms with E-state index in [2.05, 4.69) is 15.3 Å². The number of aromatic nitrogens is 3. The van der Waals surface area contributed by atoms with E-state index in [4.69, 9.17) is 11.6 Å². The van der Waals surface area contributed by atoms with Crippen molar-refractivity contribution in [2.45, 2.75) is 20.3 Å². The Balaban J connectivity index is 2.02. The number of hydrogen-bond donors (Lipinski definition) is 1. The van der Waals surface area contributed by atoms with Crippen molar-refractivity contribution in [3.05, 3.63) is 58.6 Å². The minimum absolute atomic E-state index is 0.247. The van der Waals surface area contributed by atoms with Crippen LogP contribution < -0.4 is 5.32 Å². The van der Waals surface area contributed by atoms with Crippen LogP contribution in [0.15, 0.2) is 36.7 Å². The molecule has 6 heteroatoms. The number of anilines is 1. The Labute approximate surface area is 133 Å². The summed E-state index contributed by atoms with van der Waals surface area (Å²) in [6, 6.07) is 7.22. The van der Waals surface area contributed by atoms with Gasteiger partial charge in [0.1, 0.15) is 17.2 Å². The van der Waals surface area contributed by atoms with Crippen molar-refractivity contribution in [3.8, 4) is 0 Å². The molecule has 5 nitrogen and oxygen atoms in total. The van der Waals surface area contributed by atoms with Crippen LogP contribution in [0.5, 0.6) is 0 Å². The Hall–Kier alpha value is -2.40. The summed E-state index contributed by atoms with van der Waals surface area (Å²) in [6.07, 6.45) is 4.06. The molecule has 0 fully saturated rings. The minimum Gasteiger partial charge on any atom is -0.305 e. The monoisotopic (exact) mass is 314 g/mol. The zero-order chi connectivity index (χ0) is 15.7. The van der Waals surface area contributed by atoms with Gasteiger partial charge in [0.2, 0.25) is 0 Å². The van der Waals surface area contributed by atoms with Gasteiger partial charge >= 0.3 is 0 Å². The number of amides is 1. The van der Waals surface area contributed by atoms with Crippen LogP contribution in [0.3, 0.4) is 0 Å². The maximum atomic E-state index is 12.6. The first-order valence-corrected chi connectivity index (χ1v) is 7.36. The first-order chi connectivity index (χ1) is 10.6. The van der Waals surface area contributed by atoms with Gasteiger partial charge < -0.3 is 5.32 Å². The molecule has 0 aliphatic heterocycles. The van der Waals surface area contributed by atoms with Crippen molar-refractivity contribution in [2.75, 3.05) is 5.32 Å². The number of carbonyl (C=O) groups is 1. The van der Waals surface area contributed by atoms with Crippen molar-refractivity contribution in [2.24, 2.45) is 0 Å². The first kappa shape index (κ1) is 14.5. The third-order valence-corrected chi connectivity index (χ3v) is 3.58. The Morgan fingerprint density at radius 1 is 1.32 bits per heavy atom. The zero-order valence-corrected chi connectivity index (χ0v) is 13.1.